The lowest BCUT2D eigenvalue weighted by molar-refractivity contribution is -0.131. The maximum absolute atomic E-state index is 13.0. The van der Waals surface area contributed by atoms with E-state index in [0.29, 0.717) is 10.0 Å². The average Bonchev–Trinajstić information content (AvgIpc) is 3.00. The second-order valence-electron chi connectivity index (χ2n) is 8.23. The highest BCUT2D eigenvalue weighted by Crippen LogP contribution is 2.60. The summed E-state index contributed by atoms with van der Waals surface area (Å²) < 4.78 is 0. The average molecular weight is 434 g/mol. The second-order valence-corrected chi connectivity index (χ2v) is 9.07. The number of aliphatic hydroxyl groups excluding tert-OH is 1. The molecule has 1 saturated carbocycles. The standard InChI is InChI=1S/C23H25Cl2NO3/c1-2-23-10-9-17(16-8-7-15(28)11-18(16)25)20(13-3-5-14(24)6-4-13)21(23)19(12-27)26-22(23)29/h3-8,11,17,19-21,27-28H,2,9-10,12H2,1H3,(H,26,29)/t17-,19+,20-,21-,23+/m0/s1. The van der Waals surface area contributed by atoms with Gasteiger partial charge in [-0.1, -0.05) is 48.3 Å². The molecule has 0 unspecified atom stereocenters. The third-order valence-corrected chi connectivity index (χ3v) is 7.61. The predicted molar refractivity (Wildman–Crippen MR) is 115 cm³/mol. The van der Waals surface area contributed by atoms with E-state index in [4.69, 9.17) is 23.2 Å². The topological polar surface area (TPSA) is 69.6 Å². The lowest BCUT2D eigenvalue weighted by Gasteiger charge is -2.47. The Morgan fingerprint density at radius 2 is 1.90 bits per heavy atom. The lowest BCUT2D eigenvalue weighted by Crippen LogP contribution is -2.45. The number of hydrogen-bond donors (Lipinski definition) is 3. The van der Waals surface area contributed by atoms with Gasteiger partial charge in [0.15, 0.2) is 0 Å². The maximum atomic E-state index is 13.0. The molecule has 1 aliphatic carbocycles. The second kappa shape index (κ2) is 7.82. The van der Waals surface area contributed by atoms with Crippen LogP contribution in [0.25, 0.3) is 0 Å². The molecule has 5 atom stereocenters. The van der Waals surface area contributed by atoms with Crippen molar-refractivity contribution in [3.63, 3.8) is 0 Å². The molecule has 1 saturated heterocycles. The van der Waals surface area contributed by atoms with E-state index in [1.807, 2.05) is 30.3 Å². The molecule has 4 rings (SSSR count). The van der Waals surface area contributed by atoms with Crippen molar-refractivity contribution in [3.05, 3.63) is 63.6 Å². The van der Waals surface area contributed by atoms with E-state index in [2.05, 4.69) is 12.2 Å². The molecule has 1 heterocycles. The molecule has 2 aromatic carbocycles. The highest BCUT2D eigenvalue weighted by Gasteiger charge is 2.60. The number of rotatable bonds is 4. The zero-order chi connectivity index (χ0) is 20.8. The van der Waals surface area contributed by atoms with Gasteiger partial charge in [0.2, 0.25) is 5.91 Å². The minimum atomic E-state index is -0.502. The molecule has 29 heavy (non-hydrogen) atoms. The van der Waals surface area contributed by atoms with Crippen LogP contribution in [-0.2, 0) is 4.79 Å². The number of amides is 1. The highest BCUT2D eigenvalue weighted by molar-refractivity contribution is 6.31. The van der Waals surface area contributed by atoms with E-state index >= 15 is 0 Å². The van der Waals surface area contributed by atoms with Gasteiger partial charge in [0.25, 0.3) is 0 Å². The number of carbonyl (C=O) groups excluding carboxylic acids is 1. The van der Waals surface area contributed by atoms with Crippen LogP contribution in [-0.4, -0.2) is 28.8 Å². The van der Waals surface area contributed by atoms with E-state index < -0.39 is 5.41 Å². The van der Waals surface area contributed by atoms with Crippen molar-refractivity contribution in [1.29, 1.82) is 0 Å². The van der Waals surface area contributed by atoms with Gasteiger partial charge in [-0.3, -0.25) is 4.79 Å². The minimum absolute atomic E-state index is 0.0147. The molecule has 2 aliphatic rings. The van der Waals surface area contributed by atoms with Gasteiger partial charge in [0, 0.05) is 16.0 Å². The molecule has 1 aliphatic heterocycles. The van der Waals surface area contributed by atoms with Crippen molar-refractivity contribution in [2.75, 3.05) is 6.61 Å². The summed E-state index contributed by atoms with van der Waals surface area (Å²) in [7, 11) is 0. The van der Waals surface area contributed by atoms with Crippen LogP contribution in [0.5, 0.6) is 5.75 Å². The number of benzene rings is 2. The molecule has 3 N–H and O–H groups in total. The smallest absolute Gasteiger partial charge is 0.226 e. The molecule has 4 nitrogen and oxygen atoms in total. The fourth-order valence-electron chi connectivity index (χ4n) is 5.68. The van der Waals surface area contributed by atoms with Crippen molar-refractivity contribution >= 4 is 29.1 Å². The molecule has 0 radical (unpaired) electrons. The molecule has 0 bridgehead atoms. The molecular weight excluding hydrogens is 409 g/mol. The van der Waals surface area contributed by atoms with Gasteiger partial charge in [0.05, 0.1) is 18.1 Å². The van der Waals surface area contributed by atoms with Gasteiger partial charge in [-0.15, -0.1) is 0 Å². The fraction of sp³-hybridized carbons (Fsp3) is 0.435. The summed E-state index contributed by atoms with van der Waals surface area (Å²) in [6.07, 6.45) is 2.26. The normalized spacial score (nSPS) is 31.4. The Morgan fingerprint density at radius 1 is 1.17 bits per heavy atom. The number of fused-ring (bicyclic) bond motifs is 1. The summed E-state index contributed by atoms with van der Waals surface area (Å²) in [4.78, 5) is 13.0. The fourth-order valence-corrected chi connectivity index (χ4v) is 6.12. The Morgan fingerprint density at radius 3 is 2.52 bits per heavy atom. The lowest BCUT2D eigenvalue weighted by atomic mass is 9.54. The van der Waals surface area contributed by atoms with E-state index in [0.717, 1.165) is 30.4 Å². The largest absolute Gasteiger partial charge is 0.508 e. The third kappa shape index (κ3) is 3.31. The van der Waals surface area contributed by atoms with Crippen molar-refractivity contribution in [2.24, 2.45) is 11.3 Å². The van der Waals surface area contributed by atoms with Gasteiger partial charge >= 0.3 is 0 Å². The van der Waals surface area contributed by atoms with Crippen molar-refractivity contribution in [2.45, 2.75) is 44.1 Å². The van der Waals surface area contributed by atoms with E-state index in [9.17, 15) is 15.0 Å². The number of phenolic OH excluding ortho intramolecular Hbond substituents is 1. The van der Waals surface area contributed by atoms with Crippen LogP contribution in [0.1, 0.15) is 49.1 Å². The number of halogens is 2. The summed E-state index contributed by atoms with van der Waals surface area (Å²) >= 11 is 12.7. The Labute approximate surface area is 180 Å². The van der Waals surface area contributed by atoms with E-state index in [1.54, 1.807) is 12.1 Å². The zero-order valence-corrected chi connectivity index (χ0v) is 17.7. The minimum Gasteiger partial charge on any atom is -0.508 e. The summed E-state index contributed by atoms with van der Waals surface area (Å²) in [5.74, 6) is 0.161. The number of phenols is 1. The first kappa shape index (κ1) is 20.5. The number of hydrogen-bond acceptors (Lipinski definition) is 3. The number of aromatic hydroxyl groups is 1. The molecule has 0 aromatic heterocycles. The Kier molecular flexibility index (Phi) is 5.54. The van der Waals surface area contributed by atoms with Crippen LogP contribution in [0.15, 0.2) is 42.5 Å². The van der Waals surface area contributed by atoms with Gasteiger partial charge in [0.1, 0.15) is 5.75 Å². The maximum Gasteiger partial charge on any atom is 0.226 e. The summed E-state index contributed by atoms with van der Waals surface area (Å²) in [5.41, 5.74) is 1.54. The molecule has 6 heteroatoms. The summed E-state index contributed by atoms with van der Waals surface area (Å²) in [5, 5.41) is 24.1. The number of nitrogens with one attached hydrogen (secondary N) is 1. The Hall–Kier alpha value is -1.75. The monoisotopic (exact) mass is 433 g/mol. The Balaban J connectivity index is 1.88. The molecule has 2 aromatic rings. The zero-order valence-electron chi connectivity index (χ0n) is 16.2. The van der Waals surface area contributed by atoms with Crippen LogP contribution >= 0.6 is 23.2 Å². The summed E-state index contributed by atoms with van der Waals surface area (Å²) in [6.45, 7) is 1.96. The molecule has 0 spiro atoms. The molecule has 1 amide bonds. The first-order valence-corrected chi connectivity index (χ1v) is 10.8. The molecular formula is C23H25Cl2NO3. The van der Waals surface area contributed by atoms with Crippen LogP contribution in [0.2, 0.25) is 10.0 Å². The van der Waals surface area contributed by atoms with E-state index in [-0.39, 0.29) is 42.1 Å². The van der Waals surface area contributed by atoms with Gasteiger partial charge in [-0.05, 0) is 66.5 Å². The van der Waals surface area contributed by atoms with Gasteiger partial charge < -0.3 is 15.5 Å². The van der Waals surface area contributed by atoms with Gasteiger partial charge in [-0.2, -0.15) is 0 Å². The van der Waals surface area contributed by atoms with Gasteiger partial charge in [-0.25, -0.2) is 0 Å². The predicted octanol–water partition coefficient (Wildman–Crippen LogP) is 4.86. The molecule has 2 fully saturated rings. The highest BCUT2D eigenvalue weighted by atomic mass is 35.5. The van der Waals surface area contributed by atoms with Crippen molar-refractivity contribution in [3.8, 4) is 5.75 Å². The number of aliphatic hydroxyl groups is 1. The SMILES string of the molecule is CC[C@@]12CC[C@@H](c3ccc(O)cc3Cl)[C@H](c3ccc(Cl)cc3)[C@@H]1[C@@H](CO)NC2=O. The van der Waals surface area contributed by atoms with Crippen LogP contribution in [0, 0.1) is 11.3 Å². The van der Waals surface area contributed by atoms with Crippen LogP contribution < -0.4 is 5.32 Å². The first-order valence-electron chi connectivity index (χ1n) is 10.1. The van der Waals surface area contributed by atoms with Crippen molar-refractivity contribution in [1.82, 2.24) is 5.32 Å². The van der Waals surface area contributed by atoms with E-state index in [1.165, 1.54) is 0 Å². The number of carbonyl (C=O) groups is 1. The third-order valence-electron chi connectivity index (χ3n) is 7.03. The summed E-state index contributed by atoms with van der Waals surface area (Å²) in [6, 6.07) is 12.6. The van der Waals surface area contributed by atoms with Crippen molar-refractivity contribution < 1.29 is 15.0 Å². The van der Waals surface area contributed by atoms with Crippen LogP contribution in [0.3, 0.4) is 0 Å². The molecule has 154 valence electrons. The van der Waals surface area contributed by atoms with Crippen LogP contribution in [0.4, 0.5) is 0 Å². The Bertz CT molecular complexity index is 917. The quantitative estimate of drug-likeness (QED) is 0.644. The first-order chi connectivity index (χ1) is 13.9.